The lowest BCUT2D eigenvalue weighted by molar-refractivity contribution is -0.192. The number of hydrazine groups is 1. The molecule has 1 fully saturated rings. The molecule has 0 saturated carbocycles. The van der Waals surface area contributed by atoms with E-state index >= 15 is 0 Å². The molecule has 1 amide bonds. The van der Waals surface area contributed by atoms with E-state index in [1.807, 2.05) is 11.1 Å². The number of carboxylic acid groups (broad SMARTS) is 1. The minimum absolute atomic E-state index is 0.0600. The Balaban J connectivity index is 0.000000479. The van der Waals surface area contributed by atoms with Gasteiger partial charge in [0.2, 0.25) is 0 Å². The van der Waals surface area contributed by atoms with Gasteiger partial charge in [0.25, 0.3) is 5.91 Å². The Morgan fingerprint density at radius 3 is 2.38 bits per heavy atom. The molecule has 1 aromatic heterocycles. The maximum Gasteiger partial charge on any atom is 0.490 e. The lowest BCUT2D eigenvalue weighted by Gasteiger charge is -2.14. The zero-order valence-corrected chi connectivity index (χ0v) is 20.6. The third-order valence-corrected chi connectivity index (χ3v) is 5.93. The molecule has 1 saturated heterocycles. The molecule has 0 radical (unpaired) electrons. The number of aromatic nitrogens is 1. The van der Waals surface area contributed by atoms with Crippen LogP contribution in [0.3, 0.4) is 0 Å². The van der Waals surface area contributed by atoms with Crippen LogP contribution < -0.4 is 10.7 Å². The number of halogens is 3. The number of aliphatic carboxylic acids is 1. The van der Waals surface area contributed by atoms with Crippen molar-refractivity contribution in [2.75, 3.05) is 19.6 Å². The van der Waals surface area contributed by atoms with Crippen LogP contribution in [0.1, 0.15) is 35.2 Å². The molecule has 37 heavy (non-hydrogen) atoms. The van der Waals surface area contributed by atoms with Crippen molar-refractivity contribution in [1.82, 2.24) is 20.7 Å². The van der Waals surface area contributed by atoms with Gasteiger partial charge in [0.05, 0.1) is 0 Å². The maximum atomic E-state index is 12.0. The molecule has 3 aromatic rings. The molecular formula is C27H31F3N4O3. The standard InChI is InChI=1S/C25H30N4O.C2HF3O2/c1-19-22(23-6-2-3-7-24(23)27-19)14-15-26-18-21-10-8-20(9-11-21)12-13-25(30)28-29-16-4-5-17-29;3-2(4,5)1(6)7/h2-3,6-13,26-27H,4-5,14-18H2,1H3,(H,28,30);(H,6,7)/b13-12+;. The first-order valence-electron chi connectivity index (χ1n) is 12.0. The molecule has 0 atom stereocenters. The second-order valence-electron chi connectivity index (χ2n) is 8.75. The SMILES string of the molecule is Cc1[nH]c2ccccc2c1CCNCc1ccc(/C=C/C(=O)NN2CCCC2)cc1.O=C(O)C(F)(F)F. The zero-order chi connectivity index (χ0) is 26.8. The predicted octanol–water partition coefficient (Wildman–Crippen LogP) is 4.58. The Hall–Kier alpha value is -3.63. The highest BCUT2D eigenvalue weighted by molar-refractivity contribution is 5.91. The summed E-state index contributed by atoms with van der Waals surface area (Å²) >= 11 is 0. The normalized spacial score (nSPS) is 14.1. The molecule has 0 bridgehead atoms. The van der Waals surface area contributed by atoms with Gasteiger partial charge < -0.3 is 15.4 Å². The fourth-order valence-electron chi connectivity index (χ4n) is 4.04. The second kappa shape index (κ2) is 13.1. The molecule has 7 nitrogen and oxygen atoms in total. The van der Waals surface area contributed by atoms with Crippen molar-refractivity contribution < 1.29 is 27.9 Å². The van der Waals surface area contributed by atoms with E-state index < -0.39 is 12.1 Å². The number of aromatic amines is 1. The molecule has 2 heterocycles. The number of alkyl halides is 3. The average molecular weight is 517 g/mol. The molecule has 4 N–H and O–H groups in total. The number of hydrogen-bond acceptors (Lipinski definition) is 4. The Morgan fingerprint density at radius 1 is 1.08 bits per heavy atom. The average Bonchev–Trinajstić information content (AvgIpc) is 3.48. The van der Waals surface area contributed by atoms with E-state index in [2.05, 4.69) is 71.2 Å². The Kier molecular flexibility index (Phi) is 9.87. The van der Waals surface area contributed by atoms with Crippen LogP contribution in [0, 0.1) is 6.92 Å². The number of benzene rings is 2. The summed E-state index contributed by atoms with van der Waals surface area (Å²) in [4.78, 5) is 24.3. The highest BCUT2D eigenvalue weighted by Crippen LogP contribution is 2.22. The minimum Gasteiger partial charge on any atom is -0.475 e. The van der Waals surface area contributed by atoms with E-state index in [4.69, 9.17) is 9.90 Å². The highest BCUT2D eigenvalue weighted by atomic mass is 19.4. The summed E-state index contributed by atoms with van der Waals surface area (Å²) in [5.41, 5.74) is 9.05. The number of hydrogen-bond donors (Lipinski definition) is 4. The number of amides is 1. The number of carboxylic acids is 1. The molecule has 4 rings (SSSR count). The molecule has 0 aliphatic carbocycles. The number of fused-ring (bicyclic) bond motifs is 1. The summed E-state index contributed by atoms with van der Waals surface area (Å²) in [6.45, 7) is 5.80. The van der Waals surface area contributed by atoms with Gasteiger partial charge in [-0.25, -0.2) is 9.80 Å². The van der Waals surface area contributed by atoms with E-state index in [0.29, 0.717) is 0 Å². The molecule has 0 spiro atoms. The Labute approximate surface area is 213 Å². The van der Waals surface area contributed by atoms with Crippen LogP contribution in [0.15, 0.2) is 54.6 Å². The highest BCUT2D eigenvalue weighted by Gasteiger charge is 2.38. The Bertz CT molecular complexity index is 1210. The fraction of sp³-hybridized carbons (Fsp3) is 0.333. The van der Waals surface area contributed by atoms with Crippen molar-refractivity contribution in [2.45, 2.75) is 38.9 Å². The summed E-state index contributed by atoms with van der Waals surface area (Å²) in [6.07, 6.45) is 1.70. The zero-order valence-electron chi connectivity index (χ0n) is 20.6. The van der Waals surface area contributed by atoms with Gasteiger partial charge >= 0.3 is 12.1 Å². The van der Waals surface area contributed by atoms with E-state index in [-0.39, 0.29) is 5.91 Å². The minimum atomic E-state index is -5.08. The van der Waals surface area contributed by atoms with Gasteiger partial charge in [-0.2, -0.15) is 13.2 Å². The summed E-state index contributed by atoms with van der Waals surface area (Å²) in [7, 11) is 0. The van der Waals surface area contributed by atoms with Crippen LogP contribution in [0.25, 0.3) is 17.0 Å². The first kappa shape index (κ1) is 27.9. The number of para-hydroxylation sites is 1. The number of rotatable bonds is 8. The van der Waals surface area contributed by atoms with E-state index in [1.54, 1.807) is 6.08 Å². The lowest BCUT2D eigenvalue weighted by atomic mass is 10.1. The third kappa shape index (κ3) is 8.76. The molecule has 2 aromatic carbocycles. The van der Waals surface area contributed by atoms with Crippen molar-refractivity contribution in [1.29, 1.82) is 0 Å². The van der Waals surface area contributed by atoms with Crippen LogP contribution in [-0.2, 0) is 22.6 Å². The molecule has 10 heteroatoms. The fourth-order valence-corrected chi connectivity index (χ4v) is 4.04. The molecule has 198 valence electrons. The smallest absolute Gasteiger partial charge is 0.475 e. The van der Waals surface area contributed by atoms with Crippen molar-refractivity contribution in [3.05, 3.63) is 77.0 Å². The van der Waals surface area contributed by atoms with E-state index in [0.717, 1.165) is 51.0 Å². The van der Waals surface area contributed by atoms with Crippen molar-refractivity contribution in [3.63, 3.8) is 0 Å². The number of nitrogens with zero attached hydrogens (tertiary/aromatic N) is 1. The molecular weight excluding hydrogens is 485 g/mol. The summed E-state index contributed by atoms with van der Waals surface area (Å²) in [6, 6.07) is 16.8. The van der Waals surface area contributed by atoms with Crippen LogP contribution in [0.5, 0.6) is 0 Å². The molecule has 0 unspecified atom stereocenters. The number of nitrogens with one attached hydrogen (secondary N) is 3. The molecule has 1 aliphatic rings. The third-order valence-electron chi connectivity index (χ3n) is 5.93. The van der Waals surface area contributed by atoms with Crippen molar-refractivity contribution >= 4 is 28.9 Å². The van der Waals surface area contributed by atoms with Gasteiger partial charge in [-0.15, -0.1) is 0 Å². The van der Waals surface area contributed by atoms with Crippen molar-refractivity contribution in [2.24, 2.45) is 0 Å². The molecule has 1 aliphatic heterocycles. The van der Waals surface area contributed by atoms with Gasteiger partial charge in [-0.05, 0) is 61.6 Å². The van der Waals surface area contributed by atoms with E-state index in [1.165, 1.54) is 27.7 Å². The van der Waals surface area contributed by atoms with Crippen LogP contribution in [0.2, 0.25) is 0 Å². The summed E-state index contributed by atoms with van der Waals surface area (Å²) in [5.74, 6) is -2.82. The summed E-state index contributed by atoms with van der Waals surface area (Å²) in [5, 5.41) is 14.0. The van der Waals surface area contributed by atoms with Crippen molar-refractivity contribution in [3.8, 4) is 0 Å². The number of carbonyl (C=O) groups excluding carboxylic acids is 1. The van der Waals surface area contributed by atoms with Gasteiger partial charge in [0.1, 0.15) is 0 Å². The van der Waals surface area contributed by atoms with Crippen LogP contribution >= 0.6 is 0 Å². The number of H-pyrrole nitrogens is 1. The topological polar surface area (TPSA) is 97.5 Å². The second-order valence-corrected chi connectivity index (χ2v) is 8.75. The van der Waals surface area contributed by atoms with Gasteiger partial charge in [-0.3, -0.25) is 10.2 Å². The largest absolute Gasteiger partial charge is 0.490 e. The van der Waals surface area contributed by atoms with E-state index in [9.17, 15) is 18.0 Å². The van der Waals surface area contributed by atoms with Gasteiger partial charge in [0, 0.05) is 42.3 Å². The quantitative estimate of drug-likeness (QED) is 0.260. The van der Waals surface area contributed by atoms with Gasteiger partial charge in [-0.1, -0.05) is 42.5 Å². The first-order chi connectivity index (χ1) is 17.6. The van der Waals surface area contributed by atoms with Gasteiger partial charge in [0.15, 0.2) is 0 Å². The van der Waals surface area contributed by atoms with Crippen LogP contribution in [-0.4, -0.2) is 52.8 Å². The maximum absolute atomic E-state index is 12.0. The Morgan fingerprint density at radius 2 is 1.73 bits per heavy atom. The van der Waals surface area contributed by atoms with Crippen LogP contribution in [0.4, 0.5) is 13.2 Å². The predicted molar refractivity (Wildman–Crippen MR) is 137 cm³/mol. The summed E-state index contributed by atoms with van der Waals surface area (Å²) < 4.78 is 31.7. The first-order valence-corrected chi connectivity index (χ1v) is 12.0. The number of aryl methyl sites for hydroxylation is 1. The number of carbonyl (C=O) groups is 2. The lowest BCUT2D eigenvalue weighted by Crippen LogP contribution is -2.38. The monoisotopic (exact) mass is 516 g/mol.